The zero-order valence-corrected chi connectivity index (χ0v) is 13.8. The summed E-state index contributed by atoms with van der Waals surface area (Å²) in [6, 6.07) is 12.9. The molecule has 0 aliphatic carbocycles. The minimum Gasteiger partial charge on any atom is -0.450 e. The van der Waals surface area contributed by atoms with Crippen molar-refractivity contribution in [1.82, 2.24) is 15.6 Å². The fourth-order valence-electron chi connectivity index (χ4n) is 2.17. The topological polar surface area (TPSA) is 80.3 Å². The van der Waals surface area contributed by atoms with Gasteiger partial charge in [-0.1, -0.05) is 30.3 Å². The maximum Gasteiger partial charge on any atom is 0.407 e. The molecule has 0 radical (unpaired) electrons. The van der Waals surface area contributed by atoms with E-state index in [0.29, 0.717) is 17.9 Å². The molecule has 0 spiro atoms. The summed E-state index contributed by atoms with van der Waals surface area (Å²) in [5.74, 6) is -0.189. The molecule has 1 aromatic carbocycles. The molecule has 2 rings (SSSR count). The molecule has 1 unspecified atom stereocenters. The number of alkyl carbamates (subject to hydrolysis) is 1. The number of benzene rings is 1. The van der Waals surface area contributed by atoms with Gasteiger partial charge < -0.3 is 15.4 Å². The quantitative estimate of drug-likeness (QED) is 0.855. The summed E-state index contributed by atoms with van der Waals surface area (Å²) in [7, 11) is 0. The van der Waals surface area contributed by atoms with Crippen molar-refractivity contribution in [2.45, 2.75) is 26.4 Å². The van der Waals surface area contributed by atoms with Gasteiger partial charge in [0.05, 0.1) is 24.9 Å². The summed E-state index contributed by atoms with van der Waals surface area (Å²) in [5, 5.41) is 5.52. The van der Waals surface area contributed by atoms with Crippen LogP contribution in [0.1, 0.15) is 41.5 Å². The Bertz CT molecular complexity index is 689. The van der Waals surface area contributed by atoms with Gasteiger partial charge in [-0.15, -0.1) is 0 Å². The summed E-state index contributed by atoms with van der Waals surface area (Å²) in [6.45, 7) is 4.17. The van der Waals surface area contributed by atoms with Crippen molar-refractivity contribution in [2.75, 3.05) is 6.61 Å². The Labute approximate surface area is 141 Å². The SMILES string of the molecule is CCOC(=O)NCc1cc(C(=O)NC(C)c2ccccc2)ccn1. The van der Waals surface area contributed by atoms with Crippen molar-refractivity contribution in [3.63, 3.8) is 0 Å². The average molecular weight is 327 g/mol. The molecule has 0 aliphatic heterocycles. The maximum atomic E-state index is 12.4. The monoisotopic (exact) mass is 327 g/mol. The van der Waals surface area contributed by atoms with Crippen LogP contribution in [-0.2, 0) is 11.3 Å². The Balaban J connectivity index is 1.97. The lowest BCUT2D eigenvalue weighted by Gasteiger charge is -2.14. The predicted molar refractivity (Wildman–Crippen MR) is 90.4 cm³/mol. The minimum absolute atomic E-state index is 0.104. The Kier molecular flexibility index (Phi) is 6.31. The van der Waals surface area contributed by atoms with Gasteiger partial charge in [-0.3, -0.25) is 9.78 Å². The summed E-state index contributed by atoms with van der Waals surface area (Å²) in [5.41, 5.74) is 2.11. The second-order valence-corrected chi connectivity index (χ2v) is 5.22. The highest BCUT2D eigenvalue weighted by Gasteiger charge is 2.12. The van der Waals surface area contributed by atoms with Gasteiger partial charge in [0, 0.05) is 11.8 Å². The average Bonchev–Trinajstić information content (AvgIpc) is 2.61. The third kappa shape index (κ3) is 5.08. The lowest BCUT2D eigenvalue weighted by atomic mass is 10.1. The van der Waals surface area contributed by atoms with E-state index < -0.39 is 6.09 Å². The zero-order chi connectivity index (χ0) is 17.4. The molecule has 6 nitrogen and oxygen atoms in total. The molecule has 1 aromatic heterocycles. The number of rotatable bonds is 6. The lowest BCUT2D eigenvalue weighted by molar-refractivity contribution is 0.0939. The first kappa shape index (κ1) is 17.5. The second kappa shape index (κ2) is 8.67. The third-order valence-corrected chi connectivity index (χ3v) is 3.42. The summed E-state index contributed by atoms with van der Waals surface area (Å²) in [4.78, 5) is 27.8. The number of aromatic nitrogens is 1. The summed E-state index contributed by atoms with van der Waals surface area (Å²) < 4.78 is 4.79. The standard InChI is InChI=1S/C18H21N3O3/c1-3-24-18(23)20-12-16-11-15(9-10-19-16)17(22)21-13(2)14-7-5-4-6-8-14/h4-11,13H,3,12H2,1-2H3,(H,20,23)(H,21,22). The first-order valence-electron chi connectivity index (χ1n) is 7.81. The molecule has 126 valence electrons. The Hall–Kier alpha value is -2.89. The van der Waals surface area contributed by atoms with Crippen LogP contribution in [-0.4, -0.2) is 23.6 Å². The number of ether oxygens (including phenoxy) is 1. The molecule has 24 heavy (non-hydrogen) atoms. The van der Waals surface area contributed by atoms with Crippen LogP contribution < -0.4 is 10.6 Å². The highest BCUT2D eigenvalue weighted by Crippen LogP contribution is 2.12. The van der Waals surface area contributed by atoms with Crippen LogP contribution in [0.4, 0.5) is 4.79 Å². The van der Waals surface area contributed by atoms with E-state index in [9.17, 15) is 9.59 Å². The number of hydrogen-bond donors (Lipinski definition) is 2. The molecule has 0 fully saturated rings. The van der Waals surface area contributed by atoms with Crippen LogP contribution in [0.5, 0.6) is 0 Å². The number of nitrogens with zero attached hydrogens (tertiary/aromatic N) is 1. The molecule has 0 bridgehead atoms. The Morgan fingerprint density at radius 1 is 1.21 bits per heavy atom. The zero-order valence-electron chi connectivity index (χ0n) is 13.8. The van der Waals surface area contributed by atoms with Gasteiger partial charge in [0.1, 0.15) is 0 Å². The fraction of sp³-hybridized carbons (Fsp3) is 0.278. The minimum atomic E-state index is -0.508. The smallest absolute Gasteiger partial charge is 0.407 e. The highest BCUT2D eigenvalue weighted by molar-refractivity contribution is 5.94. The number of amides is 2. The molecule has 0 aliphatic rings. The van der Waals surface area contributed by atoms with Crippen LogP contribution in [0.15, 0.2) is 48.7 Å². The number of pyridine rings is 1. The van der Waals surface area contributed by atoms with Gasteiger partial charge in [0.25, 0.3) is 5.91 Å². The van der Waals surface area contributed by atoms with Gasteiger partial charge in [-0.05, 0) is 31.5 Å². The van der Waals surface area contributed by atoms with Crippen LogP contribution in [0.3, 0.4) is 0 Å². The van der Waals surface area contributed by atoms with Gasteiger partial charge in [0.2, 0.25) is 0 Å². The van der Waals surface area contributed by atoms with Gasteiger partial charge in [-0.25, -0.2) is 4.79 Å². The van der Waals surface area contributed by atoms with Gasteiger partial charge in [-0.2, -0.15) is 0 Å². The van der Waals surface area contributed by atoms with Crippen molar-refractivity contribution in [1.29, 1.82) is 0 Å². The van der Waals surface area contributed by atoms with Crippen molar-refractivity contribution in [2.24, 2.45) is 0 Å². The predicted octanol–water partition coefficient (Wildman–Crippen LogP) is 2.82. The number of carbonyl (C=O) groups is 2. The molecule has 6 heteroatoms. The van der Waals surface area contributed by atoms with Crippen LogP contribution >= 0.6 is 0 Å². The molecule has 2 aromatic rings. The molecule has 0 saturated carbocycles. The van der Waals surface area contributed by atoms with Gasteiger partial charge in [0.15, 0.2) is 0 Å². The largest absolute Gasteiger partial charge is 0.450 e. The van der Waals surface area contributed by atoms with E-state index in [4.69, 9.17) is 4.74 Å². The number of carbonyl (C=O) groups excluding carboxylic acids is 2. The van der Waals surface area contributed by atoms with E-state index in [1.807, 2.05) is 37.3 Å². The first-order chi connectivity index (χ1) is 11.6. The van der Waals surface area contributed by atoms with Crippen molar-refractivity contribution in [3.05, 3.63) is 65.5 Å². The fourth-order valence-corrected chi connectivity index (χ4v) is 2.17. The number of nitrogens with one attached hydrogen (secondary N) is 2. The van der Waals surface area contributed by atoms with Crippen LogP contribution in [0.25, 0.3) is 0 Å². The van der Waals surface area contributed by atoms with Crippen molar-refractivity contribution < 1.29 is 14.3 Å². The molecule has 1 heterocycles. The highest BCUT2D eigenvalue weighted by atomic mass is 16.5. The summed E-state index contributed by atoms with van der Waals surface area (Å²) in [6.07, 6.45) is 1.04. The van der Waals surface area contributed by atoms with E-state index in [1.54, 1.807) is 25.3 Å². The van der Waals surface area contributed by atoms with Crippen molar-refractivity contribution >= 4 is 12.0 Å². The molecular formula is C18H21N3O3. The molecule has 2 N–H and O–H groups in total. The van der Waals surface area contributed by atoms with E-state index in [-0.39, 0.29) is 18.5 Å². The first-order valence-corrected chi connectivity index (χ1v) is 7.81. The Morgan fingerprint density at radius 2 is 1.96 bits per heavy atom. The molecule has 0 saturated heterocycles. The third-order valence-electron chi connectivity index (χ3n) is 3.42. The van der Waals surface area contributed by atoms with Crippen molar-refractivity contribution in [3.8, 4) is 0 Å². The number of hydrogen-bond acceptors (Lipinski definition) is 4. The lowest BCUT2D eigenvalue weighted by Crippen LogP contribution is -2.27. The van der Waals surface area contributed by atoms with Crippen LogP contribution in [0.2, 0.25) is 0 Å². The Morgan fingerprint density at radius 3 is 2.67 bits per heavy atom. The molecular weight excluding hydrogens is 306 g/mol. The summed E-state index contributed by atoms with van der Waals surface area (Å²) >= 11 is 0. The molecule has 1 atom stereocenters. The maximum absolute atomic E-state index is 12.4. The normalized spacial score (nSPS) is 11.4. The van der Waals surface area contributed by atoms with E-state index in [0.717, 1.165) is 5.56 Å². The van der Waals surface area contributed by atoms with E-state index in [1.165, 1.54) is 0 Å². The van der Waals surface area contributed by atoms with E-state index >= 15 is 0 Å². The van der Waals surface area contributed by atoms with Gasteiger partial charge >= 0.3 is 6.09 Å². The van der Waals surface area contributed by atoms with Crippen LogP contribution in [0, 0.1) is 0 Å². The van der Waals surface area contributed by atoms with E-state index in [2.05, 4.69) is 15.6 Å². The molecule has 2 amide bonds. The second-order valence-electron chi connectivity index (χ2n) is 5.22.